The Morgan fingerprint density at radius 1 is 1.12 bits per heavy atom. The van der Waals surface area contributed by atoms with E-state index >= 15 is 0 Å². The largest absolute Gasteiger partial charge is 0.465 e. The van der Waals surface area contributed by atoms with E-state index in [2.05, 4.69) is 16.4 Å². The predicted molar refractivity (Wildman–Crippen MR) is 128 cm³/mol. The number of pyridine rings is 1. The van der Waals surface area contributed by atoms with E-state index in [1.54, 1.807) is 17.0 Å². The number of nitriles is 1. The minimum atomic E-state index is -0.952. The SMILES string of the molecule is Cc1cc(-c2sc(NC(=O)N3C4CC3CN(C(=O)O)C4)nc2-c2cccc(C#N)c2)cc(C)n1. The lowest BCUT2D eigenvalue weighted by molar-refractivity contribution is -0.0246. The summed E-state index contributed by atoms with van der Waals surface area (Å²) >= 11 is 1.37. The molecule has 2 aliphatic heterocycles. The van der Waals surface area contributed by atoms with Crippen molar-refractivity contribution in [3.05, 3.63) is 53.3 Å². The van der Waals surface area contributed by atoms with Gasteiger partial charge in [0, 0.05) is 30.0 Å². The number of nitrogens with zero attached hydrogens (tertiary/aromatic N) is 5. The number of aryl methyl sites for hydroxylation is 2. The van der Waals surface area contributed by atoms with E-state index in [4.69, 9.17) is 4.98 Å². The Hall–Kier alpha value is -3.97. The van der Waals surface area contributed by atoms with Gasteiger partial charge in [-0.15, -0.1) is 0 Å². The molecule has 0 spiro atoms. The van der Waals surface area contributed by atoms with Crippen LogP contribution in [0.5, 0.6) is 0 Å². The number of urea groups is 1. The van der Waals surface area contributed by atoms with E-state index in [-0.39, 0.29) is 18.1 Å². The molecule has 4 heterocycles. The van der Waals surface area contributed by atoms with Crippen LogP contribution in [0, 0.1) is 25.2 Å². The highest BCUT2D eigenvalue weighted by Gasteiger charge is 2.48. The van der Waals surface area contributed by atoms with Crippen molar-refractivity contribution in [1.29, 1.82) is 5.26 Å². The van der Waals surface area contributed by atoms with Crippen LogP contribution in [0.1, 0.15) is 23.4 Å². The first-order chi connectivity index (χ1) is 16.3. The summed E-state index contributed by atoms with van der Waals surface area (Å²) in [4.78, 5) is 37.5. The highest BCUT2D eigenvalue weighted by atomic mass is 32.1. The number of anilines is 1. The van der Waals surface area contributed by atoms with Crippen LogP contribution in [0.15, 0.2) is 36.4 Å². The fraction of sp³-hybridized carbons (Fsp3) is 0.292. The minimum Gasteiger partial charge on any atom is -0.465 e. The average Bonchev–Trinajstić information content (AvgIpc) is 3.22. The van der Waals surface area contributed by atoms with E-state index in [0.29, 0.717) is 29.5 Å². The van der Waals surface area contributed by atoms with Crippen LogP contribution in [0.25, 0.3) is 21.7 Å². The Morgan fingerprint density at radius 2 is 1.82 bits per heavy atom. The number of likely N-dealkylation sites (tertiary alicyclic amines) is 2. The number of hydrogen-bond donors (Lipinski definition) is 2. The zero-order chi connectivity index (χ0) is 24.0. The standard InChI is InChI=1S/C24H22N6O3S/c1-13-6-17(7-14(2)26-13)21-20(16-5-3-4-15(8-16)10-25)27-22(34-21)28-23(31)30-18-9-19(30)12-29(11-18)24(32)33/h3-8,18-19H,9,11-12H2,1-2H3,(H,32,33)(H,27,28,31). The fourth-order valence-corrected chi connectivity index (χ4v) is 5.68. The van der Waals surface area contributed by atoms with E-state index in [1.165, 1.54) is 16.2 Å². The molecule has 3 aromatic rings. The maximum absolute atomic E-state index is 13.0. The first kappa shape index (κ1) is 21.9. The lowest BCUT2D eigenvalue weighted by Crippen LogP contribution is -2.71. The Morgan fingerprint density at radius 3 is 2.47 bits per heavy atom. The molecule has 2 atom stereocenters. The zero-order valence-electron chi connectivity index (χ0n) is 18.6. The number of carbonyl (C=O) groups is 2. The lowest BCUT2D eigenvalue weighted by atomic mass is 9.88. The number of nitrogens with one attached hydrogen (secondary N) is 1. The third-order valence-electron chi connectivity index (χ3n) is 6.15. The van der Waals surface area contributed by atoms with Crippen molar-refractivity contribution in [3.8, 4) is 27.8 Å². The lowest BCUT2D eigenvalue weighted by Gasteiger charge is -2.55. The second kappa shape index (κ2) is 8.43. The van der Waals surface area contributed by atoms with Crippen LogP contribution in [0.4, 0.5) is 14.7 Å². The van der Waals surface area contributed by atoms with Crippen LogP contribution < -0.4 is 5.32 Å². The molecule has 0 aliphatic carbocycles. The second-order valence-electron chi connectivity index (χ2n) is 8.60. The van der Waals surface area contributed by atoms with E-state index in [9.17, 15) is 20.0 Å². The zero-order valence-corrected chi connectivity index (χ0v) is 19.5. The monoisotopic (exact) mass is 474 g/mol. The summed E-state index contributed by atoms with van der Waals surface area (Å²) in [6, 6.07) is 12.8. The van der Waals surface area contributed by atoms with Crippen molar-refractivity contribution >= 4 is 28.6 Å². The van der Waals surface area contributed by atoms with E-state index in [1.807, 2.05) is 38.1 Å². The normalized spacial score (nSPS) is 18.7. The van der Waals surface area contributed by atoms with Crippen LogP contribution in [-0.2, 0) is 0 Å². The molecule has 2 bridgehead atoms. The van der Waals surface area contributed by atoms with Gasteiger partial charge in [-0.05, 0) is 50.1 Å². The van der Waals surface area contributed by atoms with Crippen molar-refractivity contribution in [3.63, 3.8) is 0 Å². The number of amides is 3. The Kier molecular flexibility index (Phi) is 5.42. The van der Waals surface area contributed by atoms with Gasteiger partial charge in [-0.3, -0.25) is 10.3 Å². The molecule has 2 N–H and O–H groups in total. The molecule has 2 aliphatic rings. The molecule has 3 amide bonds. The maximum atomic E-state index is 13.0. The van der Waals surface area contributed by atoms with Gasteiger partial charge in [0.05, 0.1) is 34.3 Å². The second-order valence-corrected chi connectivity index (χ2v) is 9.60. The van der Waals surface area contributed by atoms with E-state index < -0.39 is 6.09 Å². The van der Waals surface area contributed by atoms with Gasteiger partial charge < -0.3 is 14.9 Å². The highest BCUT2D eigenvalue weighted by molar-refractivity contribution is 7.19. The number of rotatable bonds is 3. The van der Waals surface area contributed by atoms with Crippen molar-refractivity contribution in [2.24, 2.45) is 0 Å². The Labute approximate surface area is 200 Å². The molecule has 5 rings (SSSR count). The third kappa shape index (κ3) is 3.95. The van der Waals surface area contributed by atoms with Crippen molar-refractivity contribution in [1.82, 2.24) is 19.8 Å². The van der Waals surface area contributed by atoms with Crippen molar-refractivity contribution < 1.29 is 14.7 Å². The number of hydrogen-bond acceptors (Lipinski definition) is 6. The number of carboxylic acid groups (broad SMARTS) is 1. The highest BCUT2D eigenvalue weighted by Crippen LogP contribution is 2.40. The Bertz CT molecular complexity index is 1310. The van der Waals surface area contributed by atoms with Crippen LogP contribution in [-0.4, -0.2) is 62.2 Å². The predicted octanol–water partition coefficient (Wildman–Crippen LogP) is 4.33. The van der Waals surface area contributed by atoms with Gasteiger partial charge in [0.2, 0.25) is 0 Å². The molecule has 9 nitrogen and oxygen atoms in total. The number of aromatic nitrogens is 2. The molecule has 0 radical (unpaired) electrons. The third-order valence-corrected chi connectivity index (χ3v) is 7.17. The number of piperazine rings is 1. The summed E-state index contributed by atoms with van der Waals surface area (Å²) in [6.07, 6.45) is -0.145. The van der Waals surface area contributed by atoms with Crippen LogP contribution >= 0.6 is 11.3 Å². The summed E-state index contributed by atoms with van der Waals surface area (Å²) in [5, 5.41) is 21.9. The van der Waals surface area contributed by atoms with Gasteiger partial charge in [0.1, 0.15) is 0 Å². The molecule has 172 valence electrons. The first-order valence-electron chi connectivity index (χ1n) is 10.9. The van der Waals surface area contributed by atoms with E-state index in [0.717, 1.165) is 33.8 Å². The molecular formula is C24H22N6O3S. The first-order valence-corrected chi connectivity index (χ1v) is 11.7. The quantitative estimate of drug-likeness (QED) is 0.583. The Balaban J connectivity index is 1.47. The molecular weight excluding hydrogens is 452 g/mol. The van der Waals surface area contributed by atoms with Gasteiger partial charge in [-0.25, -0.2) is 14.6 Å². The molecule has 2 saturated heterocycles. The van der Waals surface area contributed by atoms with Gasteiger partial charge >= 0.3 is 12.1 Å². The van der Waals surface area contributed by atoms with Gasteiger partial charge in [0.15, 0.2) is 5.13 Å². The molecule has 2 aromatic heterocycles. The van der Waals surface area contributed by atoms with Gasteiger partial charge in [-0.1, -0.05) is 23.5 Å². The smallest absolute Gasteiger partial charge is 0.407 e. The summed E-state index contributed by atoms with van der Waals surface area (Å²) in [5.41, 5.74) is 4.70. The average molecular weight is 475 g/mol. The topological polar surface area (TPSA) is 122 Å². The molecule has 2 unspecified atom stereocenters. The van der Waals surface area contributed by atoms with Crippen molar-refractivity contribution in [2.75, 3.05) is 18.4 Å². The van der Waals surface area contributed by atoms with Gasteiger partial charge in [-0.2, -0.15) is 5.26 Å². The van der Waals surface area contributed by atoms with Crippen LogP contribution in [0.3, 0.4) is 0 Å². The summed E-state index contributed by atoms with van der Waals surface area (Å²) in [5.74, 6) is 0. The summed E-state index contributed by atoms with van der Waals surface area (Å²) in [6.45, 7) is 4.51. The van der Waals surface area contributed by atoms with Crippen LogP contribution in [0.2, 0.25) is 0 Å². The van der Waals surface area contributed by atoms with Gasteiger partial charge in [0.25, 0.3) is 0 Å². The molecule has 1 aromatic carbocycles. The number of piperidine rings is 1. The number of thiazole rings is 1. The summed E-state index contributed by atoms with van der Waals surface area (Å²) in [7, 11) is 0. The molecule has 2 fully saturated rings. The van der Waals surface area contributed by atoms with Crippen molar-refractivity contribution in [2.45, 2.75) is 32.4 Å². The number of carbonyl (C=O) groups excluding carboxylic acids is 1. The molecule has 0 saturated carbocycles. The molecule has 34 heavy (non-hydrogen) atoms. The fourth-order valence-electron chi connectivity index (χ4n) is 4.72. The number of benzene rings is 1. The number of fused-ring (bicyclic) bond motifs is 2. The maximum Gasteiger partial charge on any atom is 0.407 e. The minimum absolute atomic E-state index is 0.119. The molecule has 10 heteroatoms. The summed E-state index contributed by atoms with van der Waals surface area (Å²) < 4.78 is 0.